The van der Waals surface area contributed by atoms with Gasteiger partial charge in [0.05, 0.1) is 26.4 Å². The van der Waals surface area contributed by atoms with Crippen molar-refractivity contribution in [1.82, 2.24) is 20.1 Å². The zero-order valence-corrected chi connectivity index (χ0v) is 21.0. The number of anilines is 1. The molecule has 0 atom stereocenters. The second-order valence-corrected chi connectivity index (χ2v) is 9.40. The second kappa shape index (κ2) is 13.4. The van der Waals surface area contributed by atoms with Gasteiger partial charge in [0.15, 0.2) is 0 Å². The van der Waals surface area contributed by atoms with Crippen molar-refractivity contribution in [2.75, 3.05) is 65.0 Å². The lowest BCUT2D eigenvalue weighted by atomic mass is 10.0. The fourth-order valence-corrected chi connectivity index (χ4v) is 4.29. The number of carbonyl (C=O) groups is 2. The molecule has 0 unspecified atom stereocenters. The van der Waals surface area contributed by atoms with E-state index in [0.29, 0.717) is 42.9 Å². The van der Waals surface area contributed by atoms with Crippen LogP contribution in [0.25, 0.3) is 0 Å². The predicted octanol–water partition coefficient (Wildman–Crippen LogP) is 3.01. The van der Waals surface area contributed by atoms with Crippen LogP contribution in [0, 0.1) is 0 Å². The molecule has 2 heterocycles. The number of urea groups is 1. The Morgan fingerprint density at radius 3 is 2.65 bits per heavy atom. The van der Waals surface area contributed by atoms with E-state index < -0.39 is 0 Å². The molecule has 2 N–H and O–H groups in total. The summed E-state index contributed by atoms with van der Waals surface area (Å²) >= 11 is 1.37. The summed E-state index contributed by atoms with van der Waals surface area (Å²) in [6, 6.07) is 7.62. The van der Waals surface area contributed by atoms with Gasteiger partial charge in [-0.2, -0.15) is 0 Å². The van der Waals surface area contributed by atoms with Gasteiger partial charge in [-0.3, -0.25) is 9.69 Å². The zero-order chi connectivity index (χ0) is 24.3. The number of benzene rings is 1. The largest absolute Gasteiger partial charge is 0.383 e. The van der Waals surface area contributed by atoms with Crippen LogP contribution in [-0.2, 0) is 16.0 Å². The molecule has 0 radical (unpaired) electrons. The minimum absolute atomic E-state index is 0.200. The smallest absolute Gasteiger partial charge is 0.322 e. The number of ether oxygens (including phenoxy) is 2. The van der Waals surface area contributed by atoms with Crippen molar-refractivity contribution < 1.29 is 19.1 Å². The van der Waals surface area contributed by atoms with Gasteiger partial charge in [0.25, 0.3) is 5.91 Å². The summed E-state index contributed by atoms with van der Waals surface area (Å²) in [7, 11) is 1.60. The first-order valence-electron chi connectivity index (χ1n) is 11.6. The highest BCUT2D eigenvalue weighted by Crippen LogP contribution is 2.18. The van der Waals surface area contributed by atoms with E-state index >= 15 is 0 Å². The number of aromatic nitrogens is 1. The molecule has 0 spiro atoms. The van der Waals surface area contributed by atoms with Crippen LogP contribution in [0.1, 0.15) is 40.8 Å². The van der Waals surface area contributed by atoms with Crippen LogP contribution in [-0.4, -0.2) is 86.4 Å². The van der Waals surface area contributed by atoms with E-state index in [4.69, 9.17) is 9.47 Å². The topological polar surface area (TPSA) is 96.0 Å². The molecule has 34 heavy (non-hydrogen) atoms. The van der Waals surface area contributed by atoms with Crippen molar-refractivity contribution in [2.24, 2.45) is 0 Å². The third-order valence-electron chi connectivity index (χ3n) is 5.61. The van der Waals surface area contributed by atoms with Crippen molar-refractivity contribution in [1.29, 1.82) is 0 Å². The van der Waals surface area contributed by atoms with Gasteiger partial charge in [-0.05, 0) is 23.6 Å². The van der Waals surface area contributed by atoms with Gasteiger partial charge in [-0.25, -0.2) is 9.78 Å². The van der Waals surface area contributed by atoms with Gasteiger partial charge in [-0.15, -0.1) is 11.3 Å². The lowest BCUT2D eigenvalue weighted by Gasteiger charge is -2.26. The van der Waals surface area contributed by atoms with Crippen LogP contribution < -0.4 is 10.6 Å². The lowest BCUT2D eigenvalue weighted by Crippen LogP contribution is -2.41. The van der Waals surface area contributed by atoms with Crippen LogP contribution in [0.15, 0.2) is 29.6 Å². The predicted molar refractivity (Wildman–Crippen MR) is 134 cm³/mol. The Hall–Kier alpha value is -2.53. The normalized spacial score (nSPS) is 14.2. The number of methoxy groups -OCH3 is 1. The number of thiazole rings is 1. The highest BCUT2D eigenvalue weighted by molar-refractivity contribution is 7.09. The van der Waals surface area contributed by atoms with Gasteiger partial charge in [0, 0.05) is 50.9 Å². The quantitative estimate of drug-likeness (QED) is 0.504. The van der Waals surface area contributed by atoms with Gasteiger partial charge < -0.3 is 25.0 Å². The minimum Gasteiger partial charge on any atom is -0.383 e. The summed E-state index contributed by atoms with van der Waals surface area (Å²) < 4.78 is 10.5. The number of nitrogens with zero attached hydrogens (tertiary/aromatic N) is 3. The Morgan fingerprint density at radius 1 is 1.24 bits per heavy atom. The van der Waals surface area contributed by atoms with E-state index in [9.17, 15) is 9.59 Å². The van der Waals surface area contributed by atoms with E-state index in [1.165, 1.54) is 16.9 Å². The van der Waals surface area contributed by atoms with E-state index in [1.807, 2.05) is 24.3 Å². The first-order valence-corrected chi connectivity index (χ1v) is 12.5. The first kappa shape index (κ1) is 26.1. The van der Waals surface area contributed by atoms with Crippen molar-refractivity contribution in [3.05, 3.63) is 45.9 Å². The summed E-state index contributed by atoms with van der Waals surface area (Å²) in [6.45, 7) is 9.96. The first-order chi connectivity index (χ1) is 16.5. The number of hydrogen-bond acceptors (Lipinski definition) is 7. The fraction of sp³-hybridized carbons (Fsp3) is 0.542. The Balaban J connectivity index is 1.53. The Labute approximate surface area is 205 Å². The number of amides is 3. The molecule has 2 aromatic rings. The molecule has 1 aliphatic rings. The number of nitrogens with one attached hydrogen (secondary N) is 2. The summed E-state index contributed by atoms with van der Waals surface area (Å²) in [5.74, 6) is 0.229. The molecule has 1 fully saturated rings. The zero-order valence-electron chi connectivity index (χ0n) is 20.2. The van der Waals surface area contributed by atoms with Gasteiger partial charge in [0.2, 0.25) is 0 Å². The van der Waals surface area contributed by atoms with Crippen molar-refractivity contribution in [3.8, 4) is 0 Å². The average molecular weight is 490 g/mol. The molecule has 3 rings (SSSR count). The third kappa shape index (κ3) is 8.05. The molecule has 1 aliphatic heterocycles. The van der Waals surface area contributed by atoms with E-state index in [1.54, 1.807) is 17.4 Å². The van der Waals surface area contributed by atoms with Crippen molar-refractivity contribution >= 4 is 29.0 Å². The Morgan fingerprint density at radius 2 is 1.97 bits per heavy atom. The van der Waals surface area contributed by atoms with Gasteiger partial charge >= 0.3 is 6.03 Å². The van der Waals surface area contributed by atoms with E-state index in [2.05, 4.69) is 34.4 Å². The van der Waals surface area contributed by atoms with Crippen molar-refractivity contribution in [2.45, 2.75) is 26.3 Å². The van der Waals surface area contributed by atoms with Crippen molar-refractivity contribution in [3.63, 3.8) is 0 Å². The fourth-order valence-electron chi connectivity index (χ4n) is 3.50. The van der Waals surface area contributed by atoms with Crippen LogP contribution in [0.4, 0.5) is 10.5 Å². The maximum atomic E-state index is 12.9. The van der Waals surface area contributed by atoms with E-state index in [0.717, 1.165) is 38.5 Å². The summed E-state index contributed by atoms with van der Waals surface area (Å²) in [4.78, 5) is 33.8. The van der Waals surface area contributed by atoms with Crippen LogP contribution in [0.2, 0.25) is 0 Å². The molecule has 1 aromatic carbocycles. The van der Waals surface area contributed by atoms with Crippen LogP contribution >= 0.6 is 11.3 Å². The second-order valence-electron chi connectivity index (χ2n) is 8.46. The number of carbonyl (C=O) groups excluding carboxylic acids is 2. The minimum atomic E-state index is -0.235. The Bertz CT molecular complexity index is 912. The number of rotatable bonds is 11. The molecule has 186 valence electrons. The van der Waals surface area contributed by atoms with Crippen LogP contribution in [0.3, 0.4) is 0 Å². The molecule has 9 nitrogen and oxygen atoms in total. The van der Waals surface area contributed by atoms with Gasteiger partial charge in [0.1, 0.15) is 10.7 Å². The molecular weight excluding hydrogens is 454 g/mol. The number of morpholine rings is 1. The number of hydrogen-bond donors (Lipinski definition) is 2. The summed E-state index contributed by atoms with van der Waals surface area (Å²) in [5, 5.41) is 8.29. The molecule has 3 amide bonds. The highest BCUT2D eigenvalue weighted by atomic mass is 32.1. The third-order valence-corrected chi connectivity index (χ3v) is 6.44. The van der Waals surface area contributed by atoms with Crippen LogP contribution in [0.5, 0.6) is 0 Å². The average Bonchev–Trinajstić information content (AvgIpc) is 3.31. The molecule has 0 saturated carbocycles. The maximum absolute atomic E-state index is 12.9. The highest BCUT2D eigenvalue weighted by Gasteiger charge is 2.18. The molecule has 1 saturated heterocycles. The standard InChI is InChI=1S/C24H35N5O4S/c1-18(2)19-4-6-20(7-5-19)26-24(31)29(12-13-32-3)16-22-27-21(17-34-22)23(30)25-8-9-28-10-14-33-15-11-28/h4-7,17-18H,8-16H2,1-3H3,(H,25,30)(H,26,31). The molecule has 1 aromatic heterocycles. The molecule has 0 aliphatic carbocycles. The molecule has 0 bridgehead atoms. The summed E-state index contributed by atoms with van der Waals surface area (Å²) in [6.07, 6.45) is 0. The molecule has 10 heteroatoms. The van der Waals surface area contributed by atoms with E-state index in [-0.39, 0.29) is 11.9 Å². The summed E-state index contributed by atoms with van der Waals surface area (Å²) in [5.41, 5.74) is 2.32. The lowest BCUT2D eigenvalue weighted by molar-refractivity contribution is 0.0383. The van der Waals surface area contributed by atoms with Gasteiger partial charge in [-0.1, -0.05) is 26.0 Å². The molecular formula is C24H35N5O4S. The SMILES string of the molecule is COCCN(Cc1nc(C(=O)NCCN2CCOCC2)cs1)C(=O)Nc1ccc(C(C)C)cc1. The Kier molecular flexibility index (Phi) is 10.3. The monoisotopic (exact) mass is 489 g/mol. The maximum Gasteiger partial charge on any atom is 0.322 e.